The van der Waals surface area contributed by atoms with Crippen LogP contribution in [0, 0.1) is 5.92 Å². The van der Waals surface area contributed by atoms with Gasteiger partial charge in [-0.2, -0.15) is 0 Å². The van der Waals surface area contributed by atoms with Crippen molar-refractivity contribution in [3.05, 3.63) is 29.8 Å². The van der Waals surface area contributed by atoms with Crippen LogP contribution in [0.4, 0.5) is 0 Å². The molecule has 148 valence electrons. The number of hydrogen-bond acceptors (Lipinski definition) is 3. The van der Waals surface area contributed by atoms with Crippen molar-refractivity contribution in [2.45, 2.75) is 96.3 Å². The van der Waals surface area contributed by atoms with Crippen LogP contribution in [0.2, 0.25) is 0 Å². The van der Waals surface area contributed by atoms with E-state index in [1.165, 1.54) is 89.0 Å². The maximum atomic E-state index is 9.34. The Kier molecular flexibility index (Phi) is 10.6. The molecule has 1 unspecified atom stereocenters. The van der Waals surface area contributed by atoms with Gasteiger partial charge in [-0.3, -0.25) is 0 Å². The maximum absolute atomic E-state index is 9.34. The van der Waals surface area contributed by atoms with Crippen LogP contribution < -0.4 is 4.52 Å². The first-order valence-corrected chi connectivity index (χ1v) is 11.8. The zero-order chi connectivity index (χ0) is 18.6. The first kappa shape index (κ1) is 21.7. The second-order valence-electron chi connectivity index (χ2n) is 7.80. The molecule has 1 aromatic carbocycles. The van der Waals surface area contributed by atoms with Gasteiger partial charge in [0.05, 0.1) is 0 Å². The summed E-state index contributed by atoms with van der Waals surface area (Å²) in [6.45, 7) is 2.26. The van der Waals surface area contributed by atoms with E-state index in [4.69, 9.17) is 4.52 Å². The van der Waals surface area contributed by atoms with Crippen molar-refractivity contribution in [1.82, 2.24) is 0 Å². The Bertz CT molecular complexity index is 486. The van der Waals surface area contributed by atoms with E-state index in [0.29, 0.717) is 17.6 Å². The lowest BCUT2D eigenvalue weighted by molar-refractivity contribution is 0.284. The van der Waals surface area contributed by atoms with Crippen LogP contribution in [0.3, 0.4) is 0 Å². The minimum absolute atomic E-state index is 0.483. The number of benzene rings is 1. The number of rotatable bonds is 12. The van der Waals surface area contributed by atoms with Crippen LogP contribution in [-0.4, -0.2) is 9.79 Å². The van der Waals surface area contributed by atoms with Gasteiger partial charge in [-0.25, -0.2) is 0 Å². The molecule has 3 nitrogen and oxygen atoms in total. The largest absolute Gasteiger partial charge is 0.427 e. The van der Waals surface area contributed by atoms with Crippen molar-refractivity contribution in [1.29, 1.82) is 0 Å². The Morgan fingerprint density at radius 1 is 0.962 bits per heavy atom. The highest BCUT2D eigenvalue weighted by Gasteiger charge is 2.27. The molecule has 0 heterocycles. The highest BCUT2D eigenvalue weighted by Crippen LogP contribution is 2.44. The minimum Gasteiger partial charge on any atom is -0.427 e. The average Bonchev–Trinajstić information content (AvgIpc) is 2.65. The summed E-state index contributed by atoms with van der Waals surface area (Å²) in [5, 5.41) is 0. The standard InChI is InChI=1S/C22H37O3P/c1-2-3-4-5-6-7-11-16-20(19-14-9-8-10-15-19)21-17-12-13-18-22(21)25-26(23)24/h12-13,17-20,23-24H,2-11,14-16H2,1H3. The maximum Gasteiger partial charge on any atom is 0.391 e. The van der Waals surface area contributed by atoms with Gasteiger partial charge < -0.3 is 14.3 Å². The topological polar surface area (TPSA) is 49.7 Å². The van der Waals surface area contributed by atoms with Gasteiger partial charge in [0.25, 0.3) is 0 Å². The summed E-state index contributed by atoms with van der Waals surface area (Å²) in [5.74, 6) is 1.86. The van der Waals surface area contributed by atoms with Gasteiger partial charge >= 0.3 is 8.60 Å². The molecule has 2 rings (SSSR count). The zero-order valence-electron chi connectivity index (χ0n) is 16.4. The second-order valence-corrected chi connectivity index (χ2v) is 8.48. The summed E-state index contributed by atoms with van der Waals surface area (Å²) in [6, 6.07) is 8.00. The van der Waals surface area contributed by atoms with Crippen molar-refractivity contribution in [2.75, 3.05) is 0 Å². The Labute approximate surface area is 161 Å². The van der Waals surface area contributed by atoms with Crippen LogP contribution in [0.1, 0.15) is 102 Å². The number of unbranched alkanes of at least 4 members (excludes halogenated alkanes) is 6. The fourth-order valence-electron chi connectivity index (χ4n) is 4.46. The average molecular weight is 381 g/mol. The summed E-state index contributed by atoms with van der Waals surface area (Å²) in [6.07, 6.45) is 17.1. The molecule has 4 heteroatoms. The van der Waals surface area contributed by atoms with E-state index in [-0.39, 0.29) is 0 Å². The van der Waals surface area contributed by atoms with E-state index >= 15 is 0 Å². The SMILES string of the molecule is CCCCCCCCCC(c1ccccc1OP(O)O)C1CCCCC1. The van der Waals surface area contributed by atoms with Gasteiger partial charge in [0, 0.05) is 0 Å². The molecular formula is C22H37O3P. The van der Waals surface area contributed by atoms with Crippen molar-refractivity contribution in [3.8, 4) is 5.75 Å². The van der Waals surface area contributed by atoms with E-state index in [0.717, 1.165) is 0 Å². The molecule has 26 heavy (non-hydrogen) atoms. The quantitative estimate of drug-likeness (QED) is 0.301. The van der Waals surface area contributed by atoms with Gasteiger partial charge in [0.2, 0.25) is 0 Å². The molecule has 0 amide bonds. The predicted molar refractivity (Wildman–Crippen MR) is 110 cm³/mol. The molecule has 1 fully saturated rings. The van der Waals surface area contributed by atoms with E-state index in [1.807, 2.05) is 12.1 Å². The van der Waals surface area contributed by atoms with Crippen LogP contribution in [0.25, 0.3) is 0 Å². The third-order valence-corrected chi connectivity index (χ3v) is 6.20. The van der Waals surface area contributed by atoms with Gasteiger partial charge in [-0.05, 0) is 42.7 Å². The highest BCUT2D eigenvalue weighted by molar-refractivity contribution is 7.39. The van der Waals surface area contributed by atoms with Gasteiger partial charge in [0.1, 0.15) is 5.75 Å². The van der Waals surface area contributed by atoms with E-state index < -0.39 is 8.60 Å². The third kappa shape index (κ3) is 7.55. The van der Waals surface area contributed by atoms with Crippen molar-refractivity contribution >= 4 is 8.60 Å². The summed E-state index contributed by atoms with van der Waals surface area (Å²) in [4.78, 5) is 18.7. The van der Waals surface area contributed by atoms with Crippen molar-refractivity contribution < 1.29 is 14.3 Å². The molecule has 1 aromatic rings. The van der Waals surface area contributed by atoms with Crippen LogP contribution in [0.5, 0.6) is 5.75 Å². The number of hydrogen-bond donors (Lipinski definition) is 2. The summed E-state index contributed by atoms with van der Waals surface area (Å²) in [5.41, 5.74) is 1.18. The fourth-order valence-corrected chi connectivity index (χ4v) is 4.80. The molecule has 1 aliphatic carbocycles. The Balaban J connectivity index is 1.98. The lowest BCUT2D eigenvalue weighted by Gasteiger charge is -2.32. The van der Waals surface area contributed by atoms with Crippen LogP contribution in [-0.2, 0) is 0 Å². The zero-order valence-corrected chi connectivity index (χ0v) is 17.3. The first-order chi connectivity index (χ1) is 12.7. The Morgan fingerprint density at radius 3 is 2.31 bits per heavy atom. The number of para-hydroxylation sites is 1. The smallest absolute Gasteiger partial charge is 0.391 e. The Hall–Kier alpha value is -0.630. The van der Waals surface area contributed by atoms with E-state index in [9.17, 15) is 9.79 Å². The first-order valence-electron chi connectivity index (χ1n) is 10.7. The Morgan fingerprint density at radius 2 is 1.62 bits per heavy atom. The van der Waals surface area contributed by atoms with Gasteiger partial charge in [-0.15, -0.1) is 0 Å². The molecule has 0 spiro atoms. The molecule has 0 saturated heterocycles. The lowest BCUT2D eigenvalue weighted by Crippen LogP contribution is -2.17. The van der Waals surface area contributed by atoms with E-state index in [2.05, 4.69) is 19.1 Å². The minimum atomic E-state index is -2.36. The molecule has 0 radical (unpaired) electrons. The molecular weight excluding hydrogens is 343 g/mol. The van der Waals surface area contributed by atoms with Gasteiger partial charge in [-0.1, -0.05) is 89.3 Å². The second kappa shape index (κ2) is 12.7. The molecule has 2 N–H and O–H groups in total. The summed E-state index contributed by atoms with van der Waals surface area (Å²) >= 11 is 0. The van der Waals surface area contributed by atoms with Crippen molar-refractivity contribution in [3.63, 3.8) is 0 Å². The molecule has 1 aliphatic rings. The highest BCUT2D eigenvalue weighted by atomic mass is 31.2. The lowest BCUT2D eigenvalue weighted by atomic mass is 9.74. The summed E-state index contributed by atoms with van der Waals surface area (Å²) < 4.78 is 5.36. The summed E-state index contributed by atoms with van der Waals surface area (Å²) in [7, 11) is -2.36. The van der Waals surface area contributed by atoms with Crippen LogP contribution in [0.15, 0.2) is 24.3 Å². The third-order valence-electron chi connectivity index (χ3n) is 5.84. The predicted octanol–water partition coefficient (Wildman–Crippen LogP) is 7.08. The van der Waals surface area contributed by atoms with Crippen molar-refractivity contribution in [2.24, 2.45) is 5.92 Å². The monoisotopic (exact) mass is 380 g/mol. The molecule has 0 aliphatic heterocycles. The van der Waals surface area contributed by atoms with E-state index in [1.54, 1.807) is 0 Å². The molecule has 1 atom stereocenters. The van der Waals surface area contributed by atoms with Crippen LogP contribution >= 0.6 is 8.60 Å². The molecule has 0 bridgehead atoms. The normalized spacial score (nSPS) is 16.8. The van der Waals surface area contributed by atoms with Gasteiger partial charge in [0.15, 0.2) is 0 Å². The molecule has 0 aromatic heterocycles. The fraction of sp³-hybridized carbons (Fsp3) is 0.727. The molecule has 1 saturated carbocycles.